The van der Waals surface area contributed by atoms with Crippen LogP contribution >= 0.6 is 0 Å². The summed E-state index contributed by atoms with van der Waals surface area (Å²) in [6, 6.07) is -0.526. The van der Waals surface area contributed by atoms with Gasteiger partial charge in [-0.05, 0) is 31.6 Å². The van der Waals surface area contributed by atoms with Crippen molar-refractivity contribution < 1.29 is 19.1 Å². The quantitative estimate of drug-likeness (QED) is 0.0739. The van der Waals surface area contributed by atoms with E-state index in [4.69, 9.17) is 4.74 Å². The number of amides is 2. The number of ether oxygens (including phenoxy) is 1. The van der Waals surface area contributed by atoms with Crippen molar-refractivity contribution in [3.05, 3.63) is 0 Å². The van der Waals surface area contributed by atoms with Crippen LogP contribution in [0.2, 0.25) is 0 Å². The van der Waals surface area contributed by atoms with Gasteiger partial charge in [0.2, 0.25) is 12.3 Å². The number of unbranched alkanes of at least 4 members (excludes halogenated alkanes) is 11. The van der Waals surface area contributed by atoms with Crippen molar-refractivity contribution in [2.45, 2.75) is 155 Å². The number of carbonyl (C=O) groups is 3. The van der Waals surface area contributed by atoms with Crippen LogP contribution < -0.4 is 10.6 Å². The smallest absolute Gasteiger partial charge is 0.328 e. The Hall–Kier alpha value is -1.59. The summed E-state index contributed by atoms with van der Waals surface area (Å²) >= 11 is 0. The number of hydrogen-bond acceptors (Lipinski definition) is 4. The Bertz CT molecular complexity index is 581. The molecule has 6 heteroatoms. The molecule has 1 aliphatic heterocycles. The molecule has 1 heterocycles. The summed E-state index contributed by atoms with van der Waals surface area (Å²) in [6.45, 7) is 8.49. The Morgan fingerprint density at radius 2 is 1.51 bits per heavy atom. The third-order valence-corrected chi connectivity index (χ3v) is 7.21. The van der Waals surface area contributed by atoms with Crippen molar-refractivity contribution in [1.82, 2.24) is 10.6 Å². The predicted molar refractivity (Wildman–Crippen MR) is 143 cm³/mol. The minimum absolute atomic E-state index is 0.0377. The van der Waals surface area contributed by atoms with Crippen LogP contribution in [-0.2, 0) is 19.1 Å². The van der Waals surface area contributed by atoms with E-state index in [9.17, 15) is 14.4 Å². The van der Waals surface area contributed by atoms with Gasteiger partial charge >= 0.3 is 5.97 Å². The Labute approximate surface area is 215 Å². The lowest BCUT2D eigenvalue weighted by molar-refractivity contribution is -0.155. The standard InChI is InChI=1S/C29H54N2O4/c1-5-7-9-11-12-13-14-15-16-18-24(35-29(34)27(30-22-32)20-23(3)4)21-26-25(28(33)31-26)19-17-10-8-6-2/h22-27H,5-21H2,1-4H3,(H,30,32)(H,31,33)/t24-,25-,26+,27-/m0/s1. The number of carbonyl (C=O) groups excluding carboxylic acids is 3. The summed E-state index contributed by atoms with van der Waals surface area (Å²) in [5, 5.41) is 5.69. The van der Waals surface area contributed by atoms with Crippen molar-refractivity contribution in [2.24, 2.45) is 11.8 Å². The number of hydrogen-bond donors (Lipinski definition) is 2. The molecule has 0 bridgehead atoms. The van der Waals surface area contributed by atoms with Crippen LogP contribution in [0.4, 0.5) is 0 Å². The lowest BCUT2D eigenvalue weighted by Gasteiger charge is -2.39. The summed E-state index contributed by atoms with van der Waals surface area (Å²) in [5.74, 6) is 0.0989. The van der Waals surface area contributed by atoms with E-state index in [0.717, 1.165) is 38.5 Å². The molecule has 0 spiro atoms. The molecule has 0 saturated carbocycles. The predicted octanol–water partition coefficient (Wildman–Crippen LogP) is 6.45. The van der Waals surface area contributed by atoms with Crippen molar-refractivity contribution in [2.75, 3.05) is 0 Å². The molecule has 0 aromatic carbocycles. The second kappa shape index (κ2) is 19.6. The average Bonchev–Trinajstić information content (AvgIpc) is 2.81. The second-order valence-corrected chi connectivity index (χ2v) is 10.9. The first-order valence-electron chi connectivity index (χ1n) is 14.6. The van der Waals surface area contributed by atoms with Gasteiger partial charge in [0.1, 0.15) is 12.1 Å². The maximum Gasteiger partial charge on any atom is 0.328 e. The van der Waals surface area contributed by atoms with E-state index in [1.165, 1.54) is 57.8 Å². The van der Waals surface area contributed by atoms with Crippen LogP contribution in [0.1, 0.15) is 137 Å². The molecule has 1 saturated heterocycles. The Kier molecular flexibility index (Phi) is 17.6. The van der Waals surface area contributed by atoms with E-state index in [-0.39, 0.29) is 35.9 Å². The molecule has 1 aliphatic rings. The molecule has 0 unspecified atom stereocenters. The van der Waals surface area contributed by atoms with Gasteiger partial charge in [-0.25, -0.2) is 4.79 Å². The fourth-order valence-corrected chi connectivity index (χ4v) is 5.05. The Morgan fingerprint density at radius 3 is 2.06 bits per heavy atom. The van der Waals surface area contributed by atoms with Gasteiger partial charge in [-0.2, -0.15) is 0 Å². The second-order valence-electron chi connectivity index (χ2n) is 10.9. The van der Waals surface area contributed by atoms with Gasteiger partial charge in [-0.3, -0.25) is 9.59 Å². The van der Waals surface area contributed by atoms with Gasteiger partial charge in [0.15, 0.2) is 0 Å². The van der Waals surface area contributed by atoms with E-state index >= 15 is 0 Å². The van der Waals surface area contributed by atoms with Crippen LogP contribution in [0, 0.1) is 11.8 Å². The molecule has 2 amide bonds. The van der Waals surface area contributed by atoms with Crippen LogP contribution in [0.25, 0.3) is 0 Å². The van der Waals surface area contributed by atoms with Gasteiger partial charge in [0, 0.05) is 12.5 Å². The normalized spacial score (nSPS) is 19.1. The molecule has 0 aromatic heterocycles. The fourth-order valence-electron chi connectivity index (χ4n) is 5.05. The largest absolute Gasteiger partial charge is 0.461 e. The SMILES string of the molecule is CCCCCCCCCCC[C@@H](C[C@H]1NC(=O)[C@H]1CCCCCC)OC(=O)[C@H](CC(C)C)NC=O. The van der Waals surface area contributed by atoms with Crippen molar-refractivity contribution in [1.29, 1.82) is 0 Å². The van der Waals surface area contributed by atoms with Crippen LogP contribution in [-0.4, -0.2) is 36.5 Å². The Balaban J connectivity index is 2.58. The first-order chi connectivity index (χ1) is 16.9. The van der Waals surface area contributed by atoms with Crippen LogP contribution in [0.3, 0.4) is 0 Å². The molecule has 2 N–H and O–H groups in total. The maximum atomic E-state index is 12.9. The lowest BCUT2D eigenvalue weighted by Crippen LogP contribution is -2.59. The van der Waals surface area contributed by atoms with E-state index in [0.29, 0.717) is 19.3 Å². The van der Waals surface area contributed by atoms with Gasteiger partial charge < -0.3 is 15.4 Å². The fraction of sp³-hybridized carbons (Fsp3) is 0.897. The summed E-state index contributed by atoms with van der Waals surface area (Å²) in [5.41, 5.74) is 0. The van der Waals surface area contributed by atoms with Crippen LogP contribution in [0.15, 0.2) is 0 Å². The zero-order chi connectivity index (χ0) is 25.9. The highest BCUT2D eigenvalue weighted by molar-refractivity contribution is 5.85. The molecular weight excluding hydrogens is 440 g/mol. The van der Waals surface area contributed by atoms with Crippen molar-refractivity contribution in [3.63, 3.8) is 0 Å². The summed E-state index contributed by atoms with van der Waals surface area (Å²) < 4.78 is 5.96. The lowest BCUT2D eigenvalue weighted by atomic mass is 9.82. The number of esters is 1. The van der Waals surface area contributed by atoms with Gasteiger partial charge in [0.25, 0.3) is 0 Å². The number of rotatable bonds is 23. The van der Waals surface area contributed by atoms with Gasteiger partial charge in [-0.1, -0.05) is 105 Å². The molecular formula is C29H54N2O4. The average molecular weight is 495 g/mol. The van der Waals surface area contributed by atoms with Crippen LogP contribution in [0.5, 0.6) is 0 Å². The molecule has 1 fully saturated rings. The number of nitrogens with one attached hydrogen (secondary N) is 2. The van der Waals surface area contributed by atoms with E-state index < -0.39 is 6.04 Å². The van der Waals surface area contributed by atoms with Crippen molar-refractivity contribution in [3.8, 4) is 0 Å². The first-order valence-corrected chi connectivity index (χ1v) is 14.6. The maximum absolute atomic E-state index is 12.9. The zero-order valence-electron chi connectivity index (χ0n) is 23.1. The highest BCUT2D eigenvalue weighted by Crippen LogP contribution is 2.28. The molecule has 35 heavy (non-hydrogen) atoms. The highest BCUT2D eigenvalue weighted by Gasteiger charge is 2.40. The molecule has 4 atom stereocenters. The minimum Gasteiger partial charge on any atom is -0.461 e. The van der Waals surface area contributed by atoms with E-state index in [1.54, 1.807) is 0 Å². The molecule has 6 nitrogen and oxygen atoms in total. The van der Waals surface area contributed by atoms with Gasteiger partial charge in [-0.15, -0.1) is 0 Å². The van der Waals surface area contributed by atoms with Gasteiger partial charge in [0.05, 0.1) is 5.92 Å². The highest BCUT2D eigenvalue weighted by atomic mass is 16.5. The third kappa shape index (κ3) is 13.9. The molecule has 1 rings (SSSR count). The third-order valence-electron chi connectivity index (χ3n) is 7.21. The first kappa shape index (κ1) is 31.4. The monoisotopic (exact) mass is 494 g/mol. The molecule has 0 radical (unpaired) electrons. The summed E-state index contributed by atoms with van der Waals surface area (Å²) in [4.78, 5) is 36.1. The zero-order valence-corrected chi connectivity index (χ0v) is 23.1. The summed E-state index contributed by atoms with van der Waals surface area (Å²) in [7, 11) is 0. The van der Waals surface area contributed by atoms with E-state index in [1.807, 2.05) is 13.8 Å². The number of β-lactam (4-membered cyclic amide) rings is 1. The molecule has 0 aliphatic carbocycles. The van der Waals surface area contributed by atoms with Crippen molar-refractivity contribution >= 4 is 18.3 Å². The molecule has 0 aromatic rings. The minimum atomic E-state index is -0.612. The summed E-state index contributed by atoms with van der Waals surface area (Å²) in [6.07, 6.45) is 19.2. The molecule has 204 valence electrons. The van der Waals surface area contributed by atoms with E-state index in [2.05, 4.69) is 24.5 Å². The Morgan fingerprint density at radius 1 is 0.943 bits per heavy atom. The topological polar surface area (TPSA) is 84.5 Å².